The van der Waals surface area contributed by atoms with Crippen LogP contribution in [-0.4, -0.2) is 37.2 Å². The molecule has 0 radical (unpaired) electrons. The number of hydrogen-bond acceptors (Lipinski definition) is 9. The van der Waals surface area contributed by atoms with Gasteiger partial charge in [-0.2, -0.15) is 0 Å². The zero-order valence-corrected chi connectivity index (χ0v) is 15.4. The number of benzene rings is 3. The molecule has 0 fully saturated rings. The molecular formula is C20H15NO8. The van der Waals surface area contributed by atoms with Gasteiger partial charge in [-0.1, -0.05) is 0 Å². The Morgan fingerprint density at radius 3 is 2.34 bits per heavy atom. The van der Waals surface area contributed by atoms with Crippen LogP contribution >= 0.6 is 0 Å². The van der Waals surface area contributed by atoms with Gasteiger partial charge in [0.2, 0.25) is 6.79 Å². The molecule has 1 aliphatic rings. The Bertz CT molecular complexity index is 1170. The zero-order valence-electron chi connectivity index (χ0n) is 15.4. The minimum absolute atomic E-state index is 0.0158. The summed E-state index contributed by atoms with van der Waals surface area (Å²) in [4.78, 5) is 24.1. The standard InChI is InChI=1S/C20H15NO8/c1-26-14-4-3-9(17(19(14)23)20(24)27-2)11-5-13(22)10-6-15-16(29-8-28-15)7-12(10)18(11)21-25/h3-7,22-23H,8H2,1-2H3. The number of aromatic hydroxyl groups is 2. The van der Waals surface area contributed by atoms with E-state index in [0.717, 1.165) is 7.11 Å². The third kappa shape index (κ3) is 2.75. The lowest BCUT2D eigenvalue weighted by atomic mass is 9.93. The van der Waals surface area contributed by atoms with Crippen LogP contribution in [0.3, 0.4) is 0 Å². The number of hydrogen-bond donors (Lipinski definition) is 2. The molecule has 2 N–H and O–H groups in total. The molecule has 0 amide bonds. The maximum Gasteiger partial charge on any atom is 0.342 e. The van der Waals surface area contributed by atoms with Gasteiger partial charge < -0.3 is 29.2 Å². The molecule has 3 aromatic rings. The summed E-state index contributed by atoms with van der Waals surface area (Å²) in [5.41, 5.74) is -0.0103. The molecule has 4 rings (SSSR count). The first-order valence-corrected chi connectivity index (χ1v) is 8.41. The SMILES string of the molecule is COC(=O)c1c(-c2cc(O)c3cc4c(cc3c2N=O)OCO4)ccc(OC)c1O. The van der Waals surface area contributed by atoms with Crippen molar-refractivity contribution in [1.82, 2.24) is 0 Å². The number of nitroso groups, excluding NO2 is 1. The highest BCUT2D eigenvalue weighted by atomic mass is 16.7. The van der Waals surface area contributed by atoms with E-state index in [2.05, 4.69) is 5.18 Å². The lowest BCUT2D eigenvalue weighted by Gasteiger charge is -2.15. The van der Waals surface area contributed by atoms with Gasteiger partial charge in [-0.05, 0) is 35.5 Å². The zero-order chi connectivity index (χ0) is 20.7. The van der Waals surface area contributed by atoms with Gasteiger partial charge in [0.15, 0.2) is 23.0 Å². The summed E-state index contributed by atoms with van der Waals surface area (Å²) in [5, 5.41) is 24.8. The van der Waals surface area contributed by atoms with Crippen molar-refractivity contribution in [2.24, 2.45) is 5.18 Å². The Hall–Kier alpha value is -4.01. The third-order valence-electron chi connectivity index (χ3n) is 4.71. The lowest BCUT2D eigenvalue weighted by Crippen LogP contribution is -2.05. The van der Waals surface area contributed by atoms with Gasteiger partial charge >= 0.3 is 5.97 Å². The maximum absolute atomic E-state index is 12.4. The maximum atomic E-state index is 12.4. The van der Waals surface area contributed by atoms with Crippen LogP contribution in [0, 0.1) is 4.91 Å². The number of phenols is 2. The highest BCUT2D eigenvalue weighted by Crippen LogP contribution is 2.49. The number of nitrogens with zero attached hydrogens (tertiary/aromatic N) is 1. The fourth-order valence-corrected chi connectivity index (χ4v) is 3.35. The molecule has 3 aromatic carbocycles. The minimum atomic E-state index is -0.849. The monoisotopic (exact) mass is 397 g/mol. The highest BCUT2D eigenvalue weighted by Gasteiger charge is 2.26. The van der Waals surface area contributed by atoms with Crippen LogP contribution in [0.1, 0.15) is 10.4 Å². The molecule has 0 atom stereocenters. The lowest BCUT2D eigenvalue weighted by molar-refractivity contribution is 0.0597. The molecule has 0 aliphatic carbocycles. The van der Waals surface area contributed by atoms with Crippen LogP contribution in [0.4, 0.5) is 5.69 Å². The van der Waals surface area contributed by atoms with Crippen LogP contribution in [0.25, 0.3) is 21.9 Å². The van der Waals surface area contributed by atoms with Crippen molar-refractivity contribution in [2.75, 3.05) is 21.0 Å². The molecule has 0 bridgehead atoms. The Balaban J connectivity index is 2.07. The molecule has 1 aliphatic heterocycles. The second-order valence-corrected chi connectivity index (χ2v) is 6.16. The van der Waals surface area contributed by atoms with Crippen molar-refractivity contribution in [2.45, 2.75) is 0 Å². The van der Waals surface area contributed by atoms with Crippen LogP contribution < -0.4 is 14.2 Å². The van der Waals surface area contributed by atoms with E-state index < -0.39 is 11.7 Å². The quantitative estimate of drug-likeness (QED) is 0.503. The molecule has 1 heterocycles. The van der Waals surface area contributed by atoms with E-state index in [1.165, 1.54) is 37.4 Å². The largest absolute Gasteiger partial charge is 0.507 e. The van der Waals surface area contributed by atoms with E-state index in [-0.39, 0.29) is 40.7 Å². The van der Waals surface area contributed by atoms with E-state index >= 15 is 0 Å². The number of phenolic OH excluding ortho intramolecular Hbond substituents is 2. The van der Waals surface area contributed by atoms with Crippen molar-refractivity contribution in [1.29, 1.82) is 0 Å². The van der Waals surface area contributed by atoms with Crippen LogP contribution in [-0.2, 0) is 4.74 Å². The molecule has 148 valence electrons. The van der Waals surface area contributed by atoms with Gasteiger partial charge in [-0.15, -0.1) is 4.91 Å². The summed E-state index contributed by atoms with van der Waals surface area (Å²) >= 11 is 0. The third-order valence-corrected chi connectivity index (χ3v) is 4.71. The number of rotatable bonds is 4. The van der Waals surface area contributed by atoms with E-state index in [1.54, 1.807) is 0 Å². The number of carbonyl (C=O) groups excluding carboxylic acids is 1. The van der Waals surface area contributed by atoms with E-state index in [9.17, 15) is 19.9 Å². The fraction of sp³-hybridized carbons (Fsp3) is 0.150. The topological polar surface area (TPSA) is 124 Å². The molecule has 0 spiro atoms. The highest BCUT2D eigenvalue weighted by molar-refractivity contribution is 6.09. The molecule has 0 unspecified atom stereocenters. The second kappa shape index (κ2) is 6.86. The van der Waals surface area contributed by atoms with Crippen LogP contribution in [0.5, 0.6) is 28.7 Å². The Kier molecular flexibility index (Phi) is 4.34. The molecule has 29 heavy (non-hydrogen) atoms. The van der Waals surface area contributed by atoms with Gasteiger partial charge in [0, 0.05) is 21.9 Å². The van der Waals surface area contributed by atoms with Gasteiger partial charge in [0.1, 0.15) is 17.0 Å². The van der Waals surface area contributed by atoms with Crippen molar-refractivity contribution >= 4 is 22.4 Å². The smallest absolute Gasteiger partial charge is 0.342 e. The minimum Gasteiger partial charge on any atom is -0.507 e. The molecular weight excluding hydrogens is 382 g/mol. The van der Waals surface area contributed by atoms with Gasteiger partial charge in [-0.3, -0.25) is 0 Å². The summed E-state index contributed by atoms with van der Waals surface area (Å²) in [5.74, 6) is -0.619. The van der Waals surface area contributed by atoms with Crippen molar-refractivity contribution in [3.63, 3.8) is 0 Å². The predicted molar refractivity (Wildman–Crippen MR) is 102 cm³/mol. The number of esters is 1. The summed E-state index contributed by atoms with van der Waals surface area (Å²) < 4.78 is 20.5. The van der Waals surface area contributed by atoms with E-state index in [4.69, 9.17) is 18.9 Å². The molecule has 0 aromatic heterocycles. The van der Waals surface area contributed by atoms with Crippen LogP contribution in [0.2, 0.25) is 0 Å². The van der Waals surface area contributed by atoms with Gasteiger partial charge in [0.05, 0.1) is 14.2 Å². The summed E-state index contributed by atoms with van der Waals surface area (Å²) in [6.07, 6.45) is 0. The predicted octanol–water partition coefficient (Wildman–Crippen LogP) is 3.84. The normalized spacial score (nSPS) is 12.1. The number of methoxy groups -OCH3 is 2. The average molecular weight is 397 g/mol. The first-order valence-electron chi connectivity index (χ1n) is 8.41. The Morgan fingerprint density at radius 2 is 1.72 bits per heavy atom. The number of fused-ring (bicyclic) bond motifs is 2. The van der Waals surface area contributed by atoms with Crippen LogP contribution in [0.15, 0.2) is 35.5 Å². The average Bonchev–Trinajstić information content (AvgIpc) is 3.19. The van der Waals surface area contributed by atoms with Crippen molar-refractivity contribution < 1.29 is 34.0 Å². The second-order valence-electron chi connectivity index (χ2n) is 6.16. The van der Waals surface area contributed by atoms with E-state index in [0.29, 0.717) is 22.3 Å². The fourth-order valence-electron chi connectivity index (χ4n) is 3.35. The van der Waals surface area contributed by atoms with Crippen molar-refractivity contribution in [3.05, 3.63) is 40.8 Å². The Labute approximate surface area is 164 Å². The van der Waals surface area contributed by atoms with E-state index in [1.807, 2.05) is 0 Å². The summed E-state index contributed by atoms with van der Waals surface area (Å²) in [7, 11) is 2.49. The summed E-state index contributed by atoms with van der Waals surface area (Å²) in [6.45, 7) is 0.0158. The summed E-state index contributed by atoms with van der Waals surface area (Å²) in [6, 6.07) is 7.24. The number of carbonyl (C=O) groups is 1. The molecule has 0 saturated heterocycles. The Morgan fingerprint density at radius 1 is 1.03 bits per heavy atom. The molecule has 9 nitrogen and oxygen atoms in total. The van der Waals surface area contributed by atoms with Crippen molar-refractivity contribution in [3.8, 4) is 39.9 Å². The molecule has 9 heteroatoms. The first kappa shape index (κ1) is 18.4. The number of ether oxygens (including phenoxy) is 4. The van der Waals surface area contributed by atoms with Gasteiger partial charge in [-0.25, -0.2) is 4.79 Å². The van der Waals surface area contributed by atoms with Gasteiger partial charge in [0.25, 0.3) is 0 Å². The first-order chi connectivity index (χ1) is 14.0. The molecule has 0 saturated carbocycles.